The number of rotatable bonds is 6. The second-order valence-electron chi connectivity index (χ2n) is 5.74. The molecule has 0 aromatic heterocycles. The standard InChI is InChI=1S/C17H16N3O5/c21-19(22)15-7-4-8-16(20(23)24)17(15)18-10-9-14(11-18)25-12-13-5-2-1-3-6-13/h1-3,5-8,14H,9-12H2/t14-/m1/s1. The monoisotopic (exact) mass is 342 g/mol. The molecule has 1 radical (unpaired) electrons. The zero-order chi connectivity index (χ0) is 17.8. The number of hydrogen-bond acceptors (Lipinski definition) is 6. The van der Waals surface area contributed by atoms with Gasteiger partial charge in [0.2, 0.25) is 0 Å². The zero-order valence-corrected chi connectivity index (χ0v) is 13.3. The minimum Gasteiger partial charge on any atom is -0.372 e. The van der Waals surface area contributed by atoms with Gasteiger partial charge in [-0.15, -0.1) is 0 Å². The molecular formula is C17H16N3O5. The van der Waals surface area contributed by atoms with Gasteiger partial charge in [-0.3, -0.25) is 20.2 Å². The average molecular weight is 342 g/mol. The van der Waals surface area contributed by atoms with E-state index in [-0.39, 0.29) is 23.2 Å². The Bertz CT molecular complexity index is 749. The van der Waals surface area contributed by atoms with Crippen LogP contribution in [0.4, 0.5) is 17.1 Å². The molecule has 8 heteroatoms. The molecule has 0 aliphatic carbocycles. The van der Waals surface area contributed by atoms with Crippen LogP contribution in [0.3, 0.4) is 0 Å². The normalized spacial score (nSPS) is 16.8. The van der Waals surface area contributed by atoms with Crippen molar-refractivity contribution in [2.75, 3.05) is 18.0 Å². The van der Waals surface area contributed by atoms with Crippen molar-refractivity contribution < 1.29 is 14.6 Å². The molecule has 1 aliphatic rings. The molecule has 3 rings (SSSR count). The second-order valence-corrected chi connectivity index (χ2v) is 5.74. The lowest BCUT2D eigenvalue weighted by Gasteiger charge is -2.18. The van der Waals surface area contributed by atoms with Crippen molar-refractivity contribution in [3.8, 4) is 0 Å². The van der Waals surface area contributed by atoms with Gasteiger partial charge >= 0.3 is 0 Å². The Morgan fingerprint density at radius 1 is 1.12 bits per heavy atom. The first-order chi connectivity index (χ1) is 12.1. The van der Waals surface area contributed by atoms with Crippen LogP contribution < -0.4 is 4.90 Å². The summed E-state index contributed by atoms with van der Waals surface area (Å²) in [6, 6.07) is 14.5. The maximum Gasteiger partial charge on any atom is 0.300 e. The van der Waals surface area contributed by atoms with E-state index in [2.05, 4.69) is 6.07 Å². The van der Waals surface area contributed by atoms with Crippen molar-refractivity contribution in [2.45, 2.75) is 19.1 Å². The number of nitro groups is 2. The molecule has 1 aliphatic heterocycles. The van der Waals surface area contributed by atoms with Crippen molar-refractivity contribution in [1.29, 1.82) is 0 Å². The molecule has 0 amide bonds. The number of nitrogens with zero attached hydrogens (tertiary/aromatic N) is 3. The Morgan fingerprint density at radius 2 is 1.76 bits per heavy atom. The van der Waals surface area contributed by atoms with Crippen LogP contribution in [0.1, 0.15) is 12.0 Å². The summed E-state index contributed by atoms with van der Waals surface area (Å²) in [7, 11) is 0. The Balaban J connectivity index is 1.75. The Hall–Kier alpha value is -3.00. The summed E-state index contributed by atoms with van der Waals surface area (Å²) in [4.78, 5) is 22.9. The molecule has 0 bridgehead atoms. The minimum absolute atomic E-state index is 0.0274. The second kappa shape index (κ2) is 7.27. The van der Waals surface area contributed by atoms with Crippen molar-refractivity contribution in [3.05, 3.63) is 74.3 Å². The van der Waals surface area contributed by atoms with Crippen LogP contribution >= 0.6 is 0 Å². The molecule has 1 fully saturated rings. The summed E-state index contributed by atoms with van der Waals surface area (Å²) in [6.45, 7) is 1.27. The van der Waals surface area contributed by atoms with E-state index in [9.17, 15) is 20.2 Å². The minimum atomic E-state index is -0.614. The van der Waals surface area contributed by atoms with Gasteiger partial charge in [-0.05, 0) is 18.1 Å². The maximum atomic E-state index is 11.3. The van der Waals surface area contributed by atoms with E-state index in [0.717, 1.165) is 5.56 Å². The third-order valence-electron chi connectivity index (χ3n) is 4.11. The molecule has 0 unspecified atom stereocenters. The fourth-order valence-corrected chi connectivity index (χ4v) is 2.93. The molecule has 25 heavy (non-hydrogen) atoms. The van der Waals surface area contributed by atoms with Crippen LogP contribution in [-0.2, 0) is 11.3 Å². The van der Waals surface area contributed by atoms with E-state index in [1.54, 1.807) is 4.90 Å². The van der Waals surface area contributed by atoms with Gasteiger partial charge in [0.05, 0.1) is 22.6 Å². The van der Waals surface area contributed by atoms with Crippen molar-refractivity contribution in [1.82, 2.24) is 0 Å². The highest BCUT2D eigenvalue weighted by Crippen LogP contribution is 2.39. The number of ether oxygens (including phenoxy) is 1. The lowest BCUT2D eigenvalue weighted by molar-refractivity contribution is -0.392. The van der Waals surface area contributed by atoms with Crippen LogP contribution in [0.2, 0.25) is 0 Å². The molecule has 0 N–H and O–H groups in total. The molecule has 129 valence electrons. The maximum absolute atomic E-state index is 11.3. The topological polar surface area (TPSA) is 98.8 Å². The number of anilines is 1. The van der Waals surface area contributed by atoms with Crippen LogP contribution in [-0.4, -0.2) is 29.0 Å². The van der Waals surface area contributed by atoms with Gasteiger partial charge in [-0.1, -0.05) is 30.3 Å². The van der Waals surface area contributed by atoms with Gasteiger partial charge in [0.25, 0.3) is 11.4 Å². The van der Waals surface area contributed by atoms with Gasteiger partial charge in [0.15, 0.2) is 5.69 Å². The van der Waals surface area contributed by atoms with Gasteiger partial charge in [0, 0.05) is 25.2 Å². The van der Waals surface area contributed by atoms with E-state index in [0.29, 0.717) is 26.1 Å². The number of hydrogen-bond donors (Lipinski definition) is 0. The highest BCUT2D eigenvalue weighted by molar-refractivity contribution is 5.75. The van der Waals surface area contributed by atoms with Crippen LogP contribution in [0.15, 0.2) is 42.5 Å². The summed E-state index contributed by atoms with van der Waals surface area (Å²) in [5.74, 6) is 0. The Labute approximate surface area is 143 Å². The Kier molecular flexibility index (Phi) is 4.90. The molecular weight excluding hydrogens is 326 g/mol. The molecule has 0 saturated carbocycles. The average Bonchev–Trinajstić information content (AvgIpc) is 3.08. The summed E-state index contributed by atoms with van der Waals surface area (Å²) in [5, 5.41) is 22.5. The van der Waals surface area contributed by atoms with Crippen LogP contribution in [0.5, 0.6) is 0 Å². The summed E-state index contributed by atoms with van der Waals surface area (Å²) in [6.07, 6.45) is 0.517. The summed E-state index contributed by atoms with van der Waals surface area (Å²) < 4.78 is 5.85. The van der Waals surface area contributed by atoms with Crippen molar-refractivity contribution >= 4 is 17.1 Å². The van der Waals surface area contributed by atoms with E-state index < -0.39 is 9.85 Å². The smallest absolute Gasteiger partial charge is 0.300 e. The van der Waals surface area contributed by atoms with Gasteiger partial charge in [-0.2, -0.15) is 0 Å². The first-order valence-corrected chi connectivity index (χ1v) is 7.79. The molecule has 2 aromatic carbocycles. The molecule has 2 aromatic rings. The first-order valence-electron chi connectivity index (χ1n) is 7.79. The van der Waals surface area contributed by atoms with E-state index in [4.69, 9.17) is 4.74 Å². The zero-order valence-electron chi connectivity index (χ0n) is 13.3. The summed E-state index contributed by atoms with van der Waals surface area (Å²) in [5.41, 5.74) is 0.447. The molecule has 1 heterocycles. The fourth-order valence-electron chi connectivity index (χ4n) is 2.93. The molecule has 1 atom stereocenters. The SMILES string of the molecule is O=[N+]([O-])c1c[c]cc([N+](=O)[O-])c1N1CC[C@@H](OCc2ccccc2)C1. The lowest BCUT2D eigenvalue weighted by Crippen LogP contribution is -2.24. The molecule has 8 nitrogen and oxygen atoms in total. The predicted molar refractivity (Wildman–Crippen MR) is 90.4 cm³/mol. The first kappa shape index (κ1) is 16.8. The predicted octanol–water partition coefficient (Wildman–Crippen LogP) is 3.10. The largest absolute Gasteiger partial charge is 0.372 e. The van der Waals surface area contributed by atoms with Crippen LogP contribution in [0.25, 0.3) is 0 Å². The van der Waals surface area contributed by atoms with Gasteiger partial charge in [0.1, 0.15) is 0 Å². The highest BCUT2D eigenvalue weighted by atomic mass is 16.6. The van der Waals surface area contributed by atoms with E-state index in [1.165, 1.54) is 12.1 Å². The van der Waals surface area contributed by atoms with Crippen LogP contribution in [0, 0.1) is 26.3 Å². The Morgan fingerprint density at radius 3 is 2.36 bits per heavy atom. The van der Waals surface area contributed by atoms with E-state index >= 15 is 0 Å². The third kappa shape index (κ3) is 3.74. The molecule has 1 saturated heterocycles. The number of nitro benzene ring substituents is 2. The fraction of sp³-hybridized carbons (Fsp3) is 0.294. The highest BCUT2D eigenvalue weighted by Gasteiger charge is 2.34. The quantitative estimate of drug-likeness (QED) is 0.591. The molecule has 0 spiro atoms. The van der Waals surface area contributed by atoms with Crippen molar-refractivity contribution in [3.63, 3.8) is 0 Å². The van der Waals surface area contributed by atoms with Gasteiger partial charge in [-0.25, -0.2) is 0 Å². The lowest BCUT2D eigenvalue weighted by atomic mass is 10.2. The number of benzene rings is 2. The van der Waals surface area contributed by atoms with E-state index in [1.807, 2.05) is 30.3 Å². The van der Waals surface area contributed by atoms with Crippen molar-refractivity contribution in [2.24, 2.45) is 0 Å². The van der Waals surface area contributed by atoms with Gasteiger partial charge < -0.3 is 9.64 Å². The third-order valence-corrected chi connectivity index (χ3v) is 4.11. The summed E-state index contributed by atoms with van der Waals surface area (Å²) >= 11 is 0.